The van der Waals surface area contributed by atoms with E-state index < -0.39 is 0 Å². The maximum atomic E-state index is 5.97. The van der Waals surface area contributed by atoms with E-state index in [4.69, 9.17) is 21.3 Å². The van der Waals surface area contributed by atoms with Crippen molar-refractivity contribution in [2.24, 2.45) is 0 Å². The summed E-state index contributed by atoms with van der Waals surface area (Å²) in [4.78, 5) is 4.80. The van der Waals surface area contributed by atoms with E-state index in [1.54, 1.807) is 7.11 Å². The summed E-state index contributed by atoms with van der Waals surface area (Å²) in [6, 6.07) is 24.1. The van der Waals surface area contributed by atoms with Crippen LogP contribution in [0, 0.1) is 0 Å². The van der Waals surface area contributed by atoms with Crippen LogP contribution in [0.2, 0.25) is 5.02 Å². The third-order valence-electron chi connectivity index (χ3n) is 4.48. The molecule has 0 saturated carbocycles. The van der Waals surface area contributed by atoms with Gasteiger partial charge in [-0.1, -0.05) is 54.1 Å². The Kier molecular flexibility index (Phi) is 4.95. The zero-order valence-corrected chi connectivity index (χ0v) is 15.7. The normalized spacial score (nSPS) is 11.3. The van der Waals surface area contributed by atoms with Gasteiger partial charge in [0.25, 0.3) is 0 Å². The van der Waals surface area contributed by atoms with Crippen LogP contribution < -0.4 is 4.74 Å². The lowest BCUT2D eigenvalue weighted by atomic mass is 10.2. The molecule has 0 bridgehead atoms. The summed E-state index contributed by atoms with van der Waals surface area (Å²) in [5, 5.41) is 0.735. The summed E-state index contributed by atoms with van der Waals surface area (Å²) in [7, 11) is 1.68. The van der Waals surface area contributed by atoms with E-state index in [0.29, 0.717) is 0 Å². The number of nitrogens with zero attached hydrogens (tertiary/aromatic N) is 2. The lowest BCUT2D eigenvalue weighted by Crippen LogP contribution is -2.02. The fourth-order valence-electron chi connectivity index (χ4n) is 3.05. The molecular weight excluding hydrogens is 356 g/mol. The Balaban J connectivity index is 1.71. The zero-order chi connectivity index (χ0) is 18.6. The van der Waals surface area contributed by atoms with Gasteiger partial charge in [-0.05, 0) is 53.6 Å². The highest BCUT2D eigenvalue weighted by atomic mass is 35.5. The van der Waals surface area contributed by atoms with Crippen LogP contribution in [0.1, 0.15) is 17.0 Å². The molecule has 4 heteroatoms. The van der Waals surface area contributed by atoms with Gasteiger partial charge in [0.05, 0.1) is 18.1 Å². The number of rotatable bonds is 5. The fourth-order valence-corrected chi connectivity index (χ4v) is 3.17. The van der Waals surface area contributed by atoms with E-state index in [1.165, 1.54) is 5.56 Å². The molecule has 134 valence electrons. The lowest BCUT2D eigenvalue weighted by Gasteiger charge is -2.08. The molecule has 0 fully saturated rings. The number of benzene rings is 3. The lowest BCUT2D eigenvalue weighted by molar-refractivity contribution is 0.414. The number of aromatic nitrogens is 2. The van der Waals surface area contributed by atoms with Crippen LogP contribution in [-0.4, -0.2) is 16.7 Å². The largest absolute Gasteiger partial charge is 0.497 e. The van der Waals surface area contributed by atoms with Gasteiger partial charge < -0.3 is 9.30 Å². The van der Waals surface area contributed by atoms with Gasteiger partial charge in [0, 0.05) is 11.6 Å². The zero-order valence-electron chi connectivity index (χ0n) is 15.0. The quantitative estimate of drug-likeness (QED) is 0.433. The number of methoxy groups -OCH3 is 1. The van der Waals surface area contributed by atoms with Gasteiger partial charge in [0.2, 0.25) is 0 Å². The van der Waals surface area contributed by atoms with Crippen molar-refractivity contribution in [3.63, 3.8) is 0 Å². The molecule has 1 aromatic heterocycles. The first-order chi connectivity index (χ1) is 13.2. The van der Waals surface area contributed by atoms with Crippen LogP contribution >= 0.6 is 11.6 Å². The van der Waals surface area contributed by atoms with Gasteiger partial charge in [0.1, 0.15) is 11.6 Å². The second-order valence-electron chi connectivity index (χ2n) is 6.28. The Hall–Kier alpha value is -3.04. The number of para-hydroxylation sites is 2. The first kappa shape index (κ1) is 17.4. The predicted molar refractivity (Wildman–Crippen MR) is 112 cm³/mol. The van der Waals surface area contributed by atoms with Gasteiger partial charge >= 0.3 is 0 Å². The van der Waals surface area contributed by atoms with Gasteiger partial charge in [-0.3, -0.25) is 0 Å². The fraction of sp³-hybridized carbons (Fsp3) is 0.0870. The number of ether oxygens (including phenoxy) is 1. The molecule has 4 aromatic rings. The average molecular weight is 375 g/mol. The van der Waals surface area contributed by atoms with Crippen molar-refractivity contribution in [3.05, 3.63) is 94.8 Å². The summed E-state index contributed by atoms with van der Waals surface area (Å²) in [6.07, 6.45) is 4.11. The number of hydrogen-bond acceptors (Lipinski definition) is 2. The van der Waals surface area contributed by atoms with E-state index >= 15 is 0 Å². The van der Waals surface area contributed by atoms with E-state index in [9.17, 15) is 0 Å². The molecule has 0 unspecified atom stereocenters. The number of fused-ring (bicyclic) bond motifs is 1. The second-order valence-corrected chi connectivity index (χ2v) is 6.71. The van der Waals surface area contributed by atoms with E-state index in [0.717, 1.165) is 39.7 Å². The molecule has 3 aromatic carbocycles. The van der Waals surface area contributed by atoms with Crippen molar-refractivity contribution in [3.8, 4) is 5.75 Å². The molecule has 1 heterocycles. The Bertz CT molecular complexity index is 1080. The van der Waals surface area contributed by atoms with Crippen molar-refractivity contribution in [1.29, 1.82) is 0 Å². The topological polar surface area (TPSA) is 27.1 Å². The molecule has 0 spiro atoms. The summed E-state index contributed by atoms with van der Waals surface area (Å²) in [5.74, 6) is 1.78. The first-order valence-corrected chi connectivity index (χ1v) is 9.12. The molecule has 4 rings (SSSR count). The first-order valence-electron chi connectivity index (χ1n) is 8.75. The van der Waals surface area contributed by atoms with Crippen LogP contribution in [0.15, 0.2) is 72.8 Å². The Morgan fingerprint density at radius 3 is 2.41 bits per heavy atom. The van der Waals surface area contributed by atoms with Gasteiger partial charge in [-0.2, -0.15) is 0 Å². The van der Waals surface area contributed by atoms with Crippen LogP contribution in [0.25, 0.3) is 23.2 Å². The highest BCUT2D eigenvalue weighted by Gasteiger charge is 2.09. The monoisotopic (exact) mass is 374 g/mol. The molecule has 0 aliphatic heterocycles. The van der Waals surface area contributed by atoms with Crippen molar-refractivity contribution >= 4 is 34.8 Å². The van der Waals surface area contributed by atoms with Crippen LogP contribution in [0.3, 0.4) is 0 Å². The standard InChI is InChI=1S/C23H19ClN2O/c1-27-20-13-8-18(9-14-20)16-26-22-5-3-2-4-21(22)25-23(26)15-10-17-6-11-19(24)12-7-17/h2-15H,16H2,1H3/b15-10+. The van der Waals surface area contributed by atoms with E-state index in [1.807, 2.05) is 60.7 Å². The molecule has 0 aliphatic rings. The van der Waals surface area contributed by atoms with Crippen LogP contribution in [0.5, 0.6) is 5.75 Å². The summed E-state index contributed by atoms with van der Waals surface area (Å²) in [6.45, 7) is 0.741. The van der Waals surface area contributed by atoms with Crippen LogP contribution in [-0.2, 0) is 6.54 Å². The maximum Gasteiger partial charge on any atom is 0.134 e. The minimum absolute atomic E-state index is 0.735. The van der Waals surface area contributed by atoms with Crippen LogP contribution in [0.4, 0.5) is 0 Å². The van der Waals surface area contributed by atoms with Crippen molar-refractivity contribution in [2.45, 2.75) is 6.54 Å². The number of halogens is 1. The highest BCUT2D eigenvalue weighted by Crippen LogP contribution is 2.21. The smallest absolute Gasteiger partial charge is 0.134 e. The highest BCUT2D eigenvalue weighted by molar-refractivity contribution is 6.30. The van der Waals surface area contributed by atoms with E-state index in [-0.39, 0.29) is 0 Å². The Morgan fingerprint density at radius 1 is 0.926 bits per heavy atom. The molecule has 0 radical (unpaired) electrons. The molecule has 0 saturated heterocycles. The minimum Gasteiger partial charge on any atom is -0.497 e. The van der Waals surface area contributed by atoms with E-state index in [2.05, 4.69) is 28.8 Å². The number of imidazole rings is 1. The molecule has 3 nitrogen and oxygen atoms in total. The molecule has 0 aliphatic carbocycles. The average Bonchev–Trinajstić information content (AvgIpc) is 3.06. The van der Waals surface area contributed by atoms with Crippen molar-refractivity contribution < 1.29 is 4.74 Å². The molecule has 0 N–H and O–H groups in total. The maximum absolute atomic E-state index is 5.97. The third-order valence-corrected chi connectivity index (χ3v) is 4.73. The predicted octanol–water partition coefficient (Wildman–Crippen LogP) is 5.92. The van der Waals surface area contributed by atoms with Gasteiger partial charge in [-0.15, -0.1) is 0 Å². The van der Waals surface area contributed by atoms with Crippen molar-refractivity contribution in [1.82, 2.24) is 9.55 Å². The Morgan fingerprint density at radius 2 is 1.67 bits per heavy atom. The SMILES string of the molecule is COc1ccc(Cn2c(/C=C/c3ccc(Cl)cc3)nc3ccccc32)cc1. The molecule has 27 heavy (non-hydrogen) atoms. The van der Waals surface area contributed by atoms with Crippen molar-refractivity contribution in [2.75, 3.05) is 7.11 Å². The third kappa shape index (κ3) is 3.88. The summed E-state index contributed by atoms with van der Waals surface area (Å²) < 4.78 is 7.48. The molecule has 0 atom stereocenters. The molecule has 0 amide bonds. The van der Waals surface area contributed by atoms with Gasteiger partial charge in [-0.25, -0.2) is 4.98 Å². The van der Waals surface area contributed by atoms with Gasteiger partial charge in [0.15, 0.2) is 0 Å². The summed E-state index contributed by atoms with van der Waals surface area (Å²) >= 11 is 5.97. The second kappa shape index (κ2) is 7.68. The minimum atomic E-state index is 0.735. The number of hydrogen-bond donors (Lipinski definition) is 0. The molecular formula is C23H19ClN2O. The summed E-state index contributed by atoms with van der Waals surface area (Å²) in [5.41, 5.74) is 4.38. The Labute approximate surface area is 163 Å².